The Hall–Kier alpha value is -1.95. The summed E-state index contributed by atoms with van der Waals surface area (Å²) in [5.41, 5.74) is 11.1. The maximum absolute atomic E-state index is 13.5. The number of hydrogen-bond donors (Lipinski definition) is 3. The van der Waals surface area contributed by atoms with E-state index in [2.05, 4.69) is 5.32 Å². The standard InChI is InChI=1S/C12H16FN3O2/c1-3-9(14)12(18)16-10-5-7(11(15)17)4-8(13)6(10)2/h4-5,9H,3,14H2,1-2H3,(H2,15,17)(H,16,18)/t9-/m0/s1. The second-order valence-electron chi connectivity index (χ2n) is 4.00. The number of benzene rings is 1. The highest BCUT2D eigenvalue weighted by molar-refractivity contribution is 5.98. The number of nitrogens with two attached hydrogens (primary N) is 2. The molecule has 98 valence electrons. The zero-order valence-corrected chi connectivity index (χ0v) is 10.3. The summed E-state index contributed by atoms with van der Waals surface area (Å²) >= 11 is 0. The predicted molar refractivity (Wildman–Crippen MR) is 66.6 cm³/mol. The molecule has 0 aliphatic rings. The minimum absolute atomic E-state index is 0.00142. The van der Waals surface area contributed by atoms with Crippen molar-refractivity contribution in [3.05, 3.63) is 29.1 Å². The summed E-state index contributed by atoms with van der Waals surface area (Å²) in [4.78, 5) is 22.6. The Labute approximate surface area is 104 Å². The van der Waals surface area contributed by atoms with Gasteiger partial charge >= 0.3 is 0 Å². The van der Waals surface area contributed by atoms with Gasteiger partial charge in [0.15, 0.2) is 0 Å². The van der Waals surface area contributed by atoms with Gasteiger partial charge in [0.1, 0.15) is 5.82 Å². The highest BCUT2D eigenvalue weighted by atomic mass is 19.1. The lowest BCUT2D eigenvalue weighted by Crippen LogP contribution is -2.35. The van der Waals surface area contributed by atoms with E-state index in [1.165, 1.54) is 13.0 Å². The van der Waals surface area contributed by atoms with Crippen molar-refractivity contribution < 1.29 is 14.0 Å². The zero-order valence-electron chi connectivity index (χ0n) is 10.3. The van der Waals surface area contributed by atoms with Gasteiger partial charge in [-0.05, 0) is 25.5 Å². The van der Waals surface area contributed by atoms with Gasteiger partial charge in [0.25, 0.3) is 0 Å². The van der Waals surface area contributed by atoms with E-state index in [0.717, 1.165) is 6.07 Å². The van der Waals surface area contributed by atoms with Crippen LogP contribution in [0.5, 0.6) is 0 Å². The molecule has 0 unspecified atom stereocenters. The van der Waals surface area contributed by atoms with Gasteiger partial charge in [0, 0.05) is 16.8 Å². The number of primary amides is 1. The summed E-state index contributed by atoms with van der Waals surface area (Å²) in [5, 5.41) is 2.49. The van der Waals surface area contributed by atoms with Crippen LogP contribution in [0.4, 0.5) is 10.1 Å². The molecule has 2 amide bonds. The number of amides is 2. The maximum Gasteiger partial charge on any atom is 0.248 e. The van der Waals surface area contributed by atoms with Crippen LogP contribution in [0.15, 0.2) is 12.1 Å². The molecule has 6 heteroatoms. The highest BCUT2D eigenvalue weighted by Crippen LogP contribution is 2.20. The first-order valence-corrected chi connectivity index (χ1v) is 5.53. The Balaban J connectivity index is 3.08. The SMILES string of the molecule is CC[C@H](N)C(=O)Nc1cc(C(N)=O)cc(F)c1C. The van der Waals surface area contributed by atoms with Crippen LogP contribution >= 0.6 is 0 Å². The van der Waals surface area contributed by atoms with Gasteiger partial charge in [-0.2, -0.15) is 0 Å². The smallest absolute Gasteiger partial charge is 0.248 e. The van der Waals surface area contributed by atoms with Crippen molar-refractivity contribution in [1.29, 1.82) is 0 Å². The average Bonchev–Trinajstić information content (AvgIpc) is 2.33. The first-order chi connectivity index (χ1) is 8.36. The molecule has 1 atom stereocenters. The normalized spacial score (nSPS) is 12.0. The molecule has 0 radical (unpaired) electrons. The molecule has 5 nitrogen and oxygen atoms in total. The molecule has 18 heavy (non-hydrogen) atoms. The molecular formula is C12H16FN3O2. The number of nitrogens with one attached hydrogen (secondary N) is 1. The van der Waals surface area contributed by atoms with E-state index in [1.54, 1.807) is 6.92 Å². The molecule has 5 N–H and O–H groups in total. The lowest BCUT2D eigenvalue weighted by atomic mass is 10.1. The van der Waals surface area contributed by atoms with Crippen LogP contribution in [0, 0.1) is 12.7 Å². The third-order valence-electron chi connectivity index (χ3n) is 2.66. The minimum Gasteiger partial charge on any atom is -0.366 e. The fourth-order valence-corrected chi connectivity index (χ4v) is 1.36. The molecule has 0 fully saturated rings. The van der Waals surface area contributed by atoms with E-state index in [0.29, 0.717) is 6.42 Å². The predicted octanol–water partition coefficient (Wildman–Crippen LogP) is 0.909. The van der Waals surface area contributed by atoms with Gasteiger partial charge in [-0.1, -0.05) is 6.92 Å². The highest BCUT2D eigenvalue weighted by Gasteiger charge is 2.15. The third-order valence-corrected chi connectivity index (χ3v) is 2.66. The lowest BCUT2D eigenvalue weighted by molar-refractivity contribution is -0.117. The van der Waals surface area contributed by atoms with Gasteiger partial charge < -0.3 is 16.8 Å². The minimum atomic E-state index is -0.760. The van der Waals surface area contributed by atoms with Crippen LogP contribution in [0.25, 0.3) is 0 Å². The average molecular weight is 253 g/mol. The van der Waals surface area contributed by atoms with E-state index in [9.17, 15) is 14.0 Å². The Morgan fingerprint density at radius 1 is 1.44 bits per heavy atom. The molecular weight excluding hydrogens is 237 g/mol. The molecule has 0 heterocycles. The van der Waals surface area contributed by atoms with Gasteiger partial charge in [-0.25, -0.2) is 4.39 Å². The zero-order chi connectivity index (χ0) is 13.9. The number of carbonyl (C=O) groups excluding carboxylic acids is 2. The van der Waals surface area contributed by atoms with Gasteiger partial charge in [0.2, 0.25) is 11.8 Å². The van der Waals surface area contributed by atoms with E-state index in [4.69, 9.17) is 11.5 Å². The molecule has 0 saturated heterocycles. The van der Waals surface area contributed by atoms with Crippen LogP contribution in [-0.4, -0.2) is 17.9 Å². The van der Waals surface area contributed by atoms with Gasteiger partial charge in [0.05, 0.1) is 6.04 Å². The van der Waals surface area contributed by atoms with E-state index >= 15 is 0 Å². The third kappa shape index (κ3) is 3.04. The molecule has 0 aromatic heterocycles. The van der Waals surface area contributed by atoms with Crippen molar-refractivity contribution in [2.24, 2.45) is 11.5 Å². The number of carbonyl (C=O) groups is 2. The van der Waals surface area contributed by atoms with Gasteiger partial charge in [-0.3, -0.25) is 9.59 Å². The van der Waals surface area contributed by atoms with Crippen molar-refractivity contribution in [3.63, 3.8) is 0 Å². The molecule has 1 rings (SSSR count). The lowest BCUT2D eigenvalue weighted by Gasteiger charge is -2.13. The van der Waals surface area contributed by atoms with Crippen LogP contribution in [0.1, 0.15) is 29.3 Å². The number of rotatable bonds is 4. The van der Waals surface area contributed by atoms with Crippen molar-refractivity contribution in [2.75, 3.05) is 5.32 Å². The van der Waals surface area contributed by atoms with Crippen molar-refractivity contribution >= 4 is 17.5 Å². The molecule has 0 saturated carbocycles. The van der Waals surface area contributed by atoms with Gasteiger partial charge in [-0.15, -0.1) is 0 Å². The molecule has 0 aliphatic heterocycles. The monoisotopic (exact) mass is 253 g/mol. The summed E-state index contributed by atoms with van der Waals surface area (Å²) < 4.78 is 13.5. The quantitative estimate of drug-likeness (QED) is 0.743. The molecule has 1 aromatic rings. The number of halogens is 1. The first-order valence-electron chi connectivity index (χ1n) is 5.53. The van der Waals surface area contributed by atoms with E-state index in [-0.39, 0.29) is 16.8 Å². The summed E-state index contributed by atoms with van der Waals surface area (Å²) in [6, 6.07) is 1.69. The number of hydrogen-bond acceptors (Lipinski definition) is 3. The summed E-state index contributed by atoms with van der Waals surface area (Å²) in [7, 11) is 0. The Bertz CT molecular complexity index is 488. The van der Waals surface area contributed by atoms with Crippen LogP contribution in [-0.2, 0) is 4.79 Å². The Kier molecular flexibility index (Phi) is 4.38. The fraction of sp³-hybridized carbons (Fsp3) is 0.333. The maximum atomic E-state index is 13.5. The summed E-state index contributed by atoms with van der Waals surface area (Å²) in [6.07, 6.45) is 0.461. The molecule has 1 aromatic carbocycles. The van der Waals surface area contributed by atoms with Crippen molar-refractivity contribution in [1.82, 2.24) is 0 Å². The fourth-order valence-electron chi connectivity index (χ4n) is 1.36. The first kappa shape index (κ1) is 14.1. The van der Waals surface area contributed by atoms with E-state index < -0.39 is 23.7 Å². The second-order valence-corrected chi connectivity index (χ2v) is 4.00. The Morgan fingerprint density at radius 3 is 2.56 bits per heavy atom. The van der Waals surface area contributed by atoms with Crippen LogP contribution in [0.3, 0.4) is 0 Å². The second kappa shape index (κ2) is 5.59. The molecule has 0 aliphatic carbocycles. The number of anilines is 1. The summed E-state index contributed by atoms with van der Waals surface area (Å²) in [5.74, 6) is -1.79. The van der Waals surface area contributed by atoms with Crippen molar-refractivity contribution in [3.8, 4) is 0 Å². The van der Waals surface area contributed by atoms with Crippen molar-refractivity contribution in [2.45, 2.75) is 26.3 Å². The molecule has 0 bridgehead atoms. The van der Waals surface area contributed by atoms with Crippen LogP contribution < -0.4 is 16.8 Å². The molecule has 0 spiro atoms. The largest absolute Gasteiger partial charge is 0.366 e. The Morgan fingerprint density at radius 2 is 2.06 bits per heavy atom. The van der Waals surface area contributed by atoms with E-state index in [1.807, 2.05) is 0 Å². The van der Waals surface area contributed by atoms with Crippen LogP contribution in [0.2, 0.25) is 0 Å². The topological polar surface area (TPSA) is 98.2 Å². The summed E-state index contributed by atoms with van der Waals surface area (Å²) in [6.45, 7) is 3.25.